The molecule has 0 aliphatic carbocycles. The smallest absolute Gasteiger partial charge is 0.0681 e. The van der Waals surface area contributed by atoms with Crippen LogP contribution in [0.4, 0.5) is 0 Å². The lowest BCUT2D eigenvalue weighted by Crippen LogP contribution is -2.45. The summed E-state index contributed by atoms with van der Waals surface area (Å²) in [5, 5.41) is 12.6. The van der Waals surface area contributed by atoms with Crippen molar-refractivity contribution >= 4 is 0 Å². The van der Waals surface area contributed by atoms with Gasteiger partial charge in [0.1, 0.15) is 0 Å². The van der Waals surface area contributed by atoms with Gasteiger partial charge in [0.2, 0.25) is 0 Å². The molecule has 1 heterocycles. The maximum Gasteiger partial charge on any atom is 0.0681 e. The lowest BCUT2D eigenvalue weighted by atomic mass is 10.0. The Bertz CT molecular complexity index is 348. The van der Waals surface area contributed by atoms with Crippen LogP contribution in [0.2, 0.25) is 0 Å². The highest BCUT2D eigenvalue weighted by Gasteiger charge is 2.18. The summed E-state index contributed by atoms with van der Waals surface area (Å²) in [5.41, 5.74) is 2.33. The van der Waals surface area contributed by atoms with Crippen LogP contribution in [0.3, 0.4) is 0 Å². The second-order valence-electron chi connectivity index (χ2n) is 5.11. The van der Waals surface area contributed by atoms with E-state index in [4.69, 9.17) is 5.11 Å². The van der Waals surface area contributed by atoms with Crippen LogP contribution in [-0.4, -0.2) is 35.7 Å². The molecule has 3 nitrogen and oxygen atoms in total. The molecule has 0 radical (unpaired) electrons. The Kier molecular flexibility index (Phi) is 5.17. The maximum absolute atomic E-state index is 9.03. The molecule has 0 aromatic heterocycles. The van der Waals surface area contributed by atoms with Crippen molar-refractivity contribution in [1.82, 2.24) is 10.2 Å². The van der Waals surface area contributed by atoms with Crippen molar-refractivity contribution in [2.75, 3.05) is 19.6 Å². The predicted octanol–water partition coefficient (Wildman–Crippen LogP) is 1.75. The van der Waals surface area contributed by atoms with Crippen molar-refractivity contribution < 1.29 is 5.11 Å². The molecule has 1 aromatic carbocycles. The van der Waals surface area contributed by atoms with Crippen LogP contribution in [0.1, 0.15) is 30.9 Å². The first-order valence-electron chi connectivity index (χ1n) is 6.96. The van der Waals surface area contributed by atoms with Gasteiger partial charge in [0.25, 0.3) is 0 Å². The van der Waals surface area contributed by atoms with Gasteiger partial charge in [-0.25, -0.2) is 0 Å². The van der Waals surface area contributed by atoms with Gasteiger partial charge in [0, 0.05) is 19.1 Å². The van der Waals surface area contributed by atoms with Gasteiger partial charge in [-0.15, -0.1) is 0 Å². The van der Waals surface area contributed by atoms with Gasteiger partial charge >= 0.3 is 0 Å². The molecule has 2 N–H and O–H groups in total. The molecule has 1 aliphatic heterocycles. The lowest BCUT2D eigenvalue weighted by molar-refractivity contribution is 0.184. The molecule has 0 bridgehead atoms. The van der Waals surface area contributed by atoms with Crippen LogP contribution >= 0.6 is 0 Å². The number of nitrogens with one attached hydrogen (secondary N) is 1. The molecule has 3 heteroatoms. The van der Waals surface area contributed by atoms with E-state index in [0.717, 1.165) is 25.2 Å². The van der Waals surface area contributed by atoms with E-state index in [2.05, 4.69) is 29.3 Å². The molecule has 0 spiro atoms. The first-order valence-corrected chi connectivity index (χ1v) is 6.96. The molecule has 100 valence electrons. The van der Waals surface area contributed by atoms with E-state index in [9.17, 15) is 0 Å². The second-order valence-corrected chi connectivity index (χ2v) is 5.11. The van der Waals surface area contributed by atoms with E-state index in [1.165, 1.54) is 24.9 Å². The predicted molar refractivity (Wildman–Crippen MR) is 74.3 cm³/mol. The Morgan fingerprint density at radius 1 is 1.28 bits per heavy atom. The van der Waals surface area contributed by atoms with Crippen molar-refractivity contribution in [2.45, 2.75) is 39.0 Å². The largest absolute Gasteiger partial charge is 0.392 e. The quantitative estimate of drug-likeness (QED) is 0.833. The summed E-state index contributed by atoms with van der Waals surface area (Å²) in [4.78, 5) is 2.52. The molecule has 1 aromatic rings. The molecule has 0 saturated carbocycles. The Balaban J connectivity index is 1.87. The molecule has 1 atom stereocenters. The minimum absolute atomic E-state index is 0.131. The number of aliphatic hydroxyl groups is 1. The highest BCUT2D eigenvalue weighted by molar-refractivity contribution is 5.21. The Labute approximate surface area is 110 Å². The molecule has 2 rings (SSSR count). The normalized spacial score (nSPS) is 21.1. The fourth-order valence-corrected chi connectivity index (χ4v) is 2.66. The first kappa shape index (κ1) is 13.5. The van der Waals surface area contributed by atoms with E-state index in [-0.39, 0.29) is 6.61 Å². The number of hydrogen-bond donors (Lipinski definition) is 2. The number of likely N-dealkylation sites (tertiary alicyclic amines) is 1. The molecule has 0 amide bonds. The van der Waals surface area contributed by atoms with Gasteiger partial charge in [-0.3, -0.25) is 4.90 Å². The summed E-state index contributed by atoms with van der Waals surface area (Å²) >= 11 is 0. The molecule has 1 saturated heterocycles. The number of nitrogens with zero attached hydrogens (tertiary/aromatic N) is 1. The standard InChI is InChI=1S/C15H24N2O/c1-2-16-15-4-3-9-17(11-15)10-13-5-7-14(12-18)8-6-13/h5-8,15-16,18H,2-4,9-12H2,1H3. The van der Waals surface area contributed by atoms with Crippen molar-refractivity contribution in [3.8, 4) is 0 Å². The number of rotatable bonds is 5. The third-order valence-corrected chi connectivity index (χ3v) is 3.61. The Morgan fingerprint density at radius 3 is 2.67 bits per heavy atom. The number of benzene rings is 1. The van der Waals surface area contributed by atoms with Gasteiger partial charge in [-0.05, 0) is 37.1 Å². The van der Waals surface area contributed by atoms with Crippen LogP contribution in [0.25, 0.3) is 0 Å². The monoisotopic (exact) mass is 248 g/mol. The number of hydrogen-bond acceptors (Lipinski definition) is 3. The number of piperidine rings is 1. The molecule has 1 fully saturated rings. The lowest BCUT2D eigenvalue weighted by Gasteiger charge is -2.33. The molecular formula is C15H24N2O. The second kappa shape index (κ2) is 6.88. The molecule has 18 heavy (non-hydrogen) atoms. The third kappa shape index (κ3) is 3.80. The average molecular weight is 248 g/mol. The van der Waals surface area contributed by atoms with Crippen molar-refractivity contribution in [1.29, 1.82) is 0 Å². The van der Waals surface area contributed by atoms with Gasteiger partial charge in [-0.2, -0.15) is 0 Å². The van der Waals surface area contributed by atoms with E-state index < -0.39 is 0 Å². The number of aliphatic hydroxyl groups excluding tert-OH is 1. The van der Waals surface area contributed by atoms with E-state index in [0.29, 0.717) is 6.04 Å². The van der Waals surface area contributed by atoms with Crippen LogP contribution in [0.5, 0.6) is 0 Å². The molecular weight excluding hydrogens is 224 g/mol. The van der Waals surface area contributed by atoms with Gasteiger partial charge in [0.05, 0.1) is 6.61 Å². The van der Waals surface area contributed by atoms with E-state index >= 15 is 0 Å². The van der Waals surface area contributed by atoms with E-state index in [1.54, 1.807) is 0 Å². The van der Waals surface area contributed by atoms with Gasteiger partial charge in [-0.1, -0.05) is 31.2 Å². The van der Waals surface area contributed by atoms with Crippen LogP contribution in [0, 0.1) is 0 Å². The summed E-state index contributed by atoms with van der Waals surface area (Å²) in [6.45, 7) is 6.73. The summed E-state index contributed by atoms with van der Waals surface area (Å²) < 4.78 is 0. The maximum atomic E-state index is 9.03. The minimum Gasteiger partial charge on any atom is -0.392 e. The van der Waals surface area contributed by atoms with Crippen LogP contribution < -0.4 is 5.32 Å². The minimum atomic E-state index is 0.131. The highest BCUT2D eigenvalue weighted by Crippen LogP contribution is 2.14. The summed E-state index contributed by atoms with van der Waals surface area (Å²) in [5.74, 6) is 0. The first-order chi connectivity index (χ1) is 8.81. The van der Waals surface area contributed by atoms with Gasteiger partial charge in [0.15, 0.2) is 0 Å². The SMILES string of the molecule is CCNC1CCCN(Cc2ccc(CO)cc2)C1. The summed E-state index contributed by atoms with van der Waals surface area (Å²) in [6, 6.07) is 8.94. The Morgan fingerprint density at radius 2 is 2.00 bits per heavy atom. The van der Waals surface area contributed by atoms with E-state index in [1.807, 2.05) is 12.1 Å². The average Bonchev–Trinajstić information content (AvgIpc) is 2.40. The van der Waals surface area contributed by atoms with Crippen molar-refractivity contribution in [3.05, 3.63) is 35.4 Å². The topological polar surface area (TPSA) is 35.5 Å². The zero-order valence-electron chi connectivity index (χ0n) is 11.2. The van der Waals surface area contributed by atoms with Gasteiger partial charge < -0.3 is 10.4 Å². The molecule has 1 aliphatic rings. The third-order valence-electron chi connectivity index (χ3n) is 3.61. The fourth-order valence-electron chi connectivity index (χ4n) is 2.66. The van der Waals surface area contributed by atoms with Crippen molar-refractivity contribution in [3.63, 3.8) is 0 Å². The fraction of sp³-hybridized carbons (Fsp3) is 0.600. The molecule has 1 unspecified atom stereocenters. The Hall–Kier alpha value is -0.900. The highest BCUT2D eigenvalue weighted by atomic mass is 16.3. The zero-order valence-corrected chi connectivity index (χ0v) is 11.2. The van der Waals surface area contributed by atoms with Crippen LogP contribution in [0.15, 0.2) is 24.3 Å². The van der Waals surface area contributed by atoms with Crippen LogP contribution in [-0.2, 0) is 13.2 Å². The summed E-state index contributed by atoms with van der Waals surface area (Å²) in [6.07, 6.45) is 2.58. The summed E-state index contributed by atoms with van der Waals surface area (Å²) in [7, 11) is 0. The number of likely N-dealkylation sites (N-methyl/N-ethyl adjacent to an activating group) is 1. The zero-order chi connectivity index (χ0) is 12.8. The van der Waals surface area contributed by atoms with Crippen molar-refractivity contribution in [2.24, 2.45) is 0 Å².